The Morgan fingerprint density at radius 2 is 1.88 bits per heavy atom. The molecule has 0 bridgehead atoms. The van der Waals surface area contributed by atoms with Crippen LogP contribution in [-0.2, 0) is 9.47 Å². The van der Waals surface area contributed by atoms with Gasteiger partial charge in [0, 0.05) is 55.5 Å². The summed E-state index contributed by atoms with van der Waals surface area (Å²) < 4.78 is 25.8. The first-order valence-electron chi connectivity index (χ1n) is 11.4. The van der Waals surface area contributed by atoms with Crippen molar-refractivity contribution in [1.82, 2.24) is 15.0 Å². The van der Waals surface area contributed by atoms with Gasteiger partial charge in [-0.15, -0.1) is 11.3 Å². The van der Waals surface area contributed by atoms with Crippen LogP contribution in [0.3, 0.4) is 0 Å². The summed E-state index contributed by atoms with van der Waals surface area (Å²) in [4.78, 5) is 15.4. The highest BCUT2D eigenvalue weighted by Gasteiger charge is 2.20. The molecule has 2 aromatic carbocycles. The van der Waals surface area contributed by atoms with Crippen molar-refractivity contribution in [1.29, 1.82) is 0 Å². The highest BCUT2D eigenvalue weighted by molar-refractivity contribution is 7.09. The van der Waals surface area contributed by atoms with Gasteiger partial charge in [-0.1, -0.05) is 19.9 Å². The minimum absolute atomic E-state index is 0.345. The van der Waals surface area contributed by atoms with Gasteiger partial charge in [0.1, 0.15) is 23.3 Å². The van der Waals surface area contributed by atoms with Crippen molar-refractivity contribution in [3.05, 3.63) is 70.7 Å². The molecule has 0 spiro atoms. The van der Waals surface area contributed by atoms with Crippen molar-refractivity contribution in [2.45, 2.75) is 26.9 Å². The fraction of sp³-hybridized carbons (Fsp3) is 0.346. The van der Waals surface area contributed by atoms with E-state index in [4.69, 9.17) is 9.47 Å². The molecule has 0 fully saturated rings. The van der Waals surface area contributed by atoms with Gasteiger partial charge in [-0.3, -0.25) is 0 Å². The monoisotopic (exact) mass is 482 g/mol. The number of hydrogen-bond acceptors (Lipinski definition) is 7. The molecule has 4 aromatic rings. The van der Waals surface area contributed by atoms with Crippen LogP contribution in [0.25, 0.3) is 22.2 Å². The lowest BCUT2D eigenvalue weighted by Gasteiger charge is -2.23. The Balaban J connectivity index is 0.00000158. The molecule has 0 aliphatic heterocycles. The van der Waals surface area contributed by atoms with Crippen molar-refractivity contribution < 1.29 is 13.9 Å². The Morgan fingerprint density at radius 3 is 2.56 bits per heavy atom. The van der Waals surface area contributed by atoms with E-state index >= 15 is 0 Å². The van der Waals surface area contributed by atoms with Gasteiger partial charge in [-0.05, 0) is 42.8 Å². The second-order valence-electron chi connectivity index (χ2n) is 7.22. The molecule has 0 radical (unpaired) electrons. The number of ether oxygens (including phenoxy) is 2. The van der Waals surface area contributed by atoms with Gasteiger partial charge in [0.15, 0.2) is 0 Å². The number of halogens is 1. The van der Waals surface area contributed by atoms with E-state index in [0.717, 1.165) is 40.3 Å². The summed E-state index contributed by atoms with van der Waals surface area (Å²) in [5.41, 5.74) is 3.58. The fourth-order valence-corrected chi connectivity index (χ4v) is 4.50. The number of thiazole rings is 1. The van der Waals surface area contributed by atoms with Gasteiger partial charge in [0.2, 0.25) is 0 Å². The number of anilines is 1. The van der Waals surface area contributed by atoms with Crippen LogP contribution in [0.1, 0.15) is 37.4 Å². The van der Waals surface area contributed by atoms with Crippen LogP contribution < -0.4 is 4.90 Å². The number of rotatable bonds is 9. The normalized spacial score (nSPS) is 11.7. The summed E-state index contributed by atoms with van der Waals surface area (Å²) in [5.74, 6) is -0.345. The number of hydrogen-bond donors (Lipinski definition) is 0. The van der Waals surface area contributed by atoms with Crippen LogP contribution in [-0.4, -0.2) is 48.9 Å². The lowest BCUT2D eigenvalue weighted by atomic mass is 10.0. The fourth-order valence-electron chi connectivity index (χ4n) is 3.76. The molecule has 1 atom stereocenters. The summed E-state index contributed by atoms with van der Waals surface area (Å²) in [6.07, 6.45) is 2.85. The van der Waals surface area contributed by atoms with Crippen molar-refractivity contribution in [3.8, 4) is 11.3 Å². The Bertz CT molecular complexity index is 1190. The third kappa shape index (κ3) is 5.58. The lowest BCUT2D eigenvalue weighted by molar-refractivity contribution is 0.136. The van der Waals surface area contributed by atoms with Crippen molar-refractivity contribution in [2.24, 2.45) is 0 Å². The molecule has 0 aliphatic carbocycles. The highest BCUT2D eigenvalue weighted by atomic mass is 32.1. The van der Waals surface area contributed by atoms with Gasteiger partial charge in [-0.2, -0.15) is 0 Å². The summed E-state index contributed by atoms with van der Waals surface area (Å²) in [7, 11) is 3.32. The SMILES string of the molecule is CC.CCN(CCOC)c1ccc2c(-c3cc(C(OC)c4nccs4)ccc3F)ncnc2c1. The Kier molecular flexibility index (Phi) is 9.44. The van der Waals surface area contributed by atoms with E-state index < -0.39 is 0 Å². The zero-order valence-corrected chi connectivity index (χ0v) is 21.1. The molecule has 1 unspecified atom stereocenters. The van der Waals surface area contributed by atoms with Crippen LogP contribution in [0.2, 0.25) is 0 Å². The molecule has 34 heavy (non-hydrogen) atoms. The zero-order chi connectivity index (χ0) is 24.5. The molecule has 8 heteroatoms. The minimum atomic E-state index is -0.368. The average molecular weight is 483 g/mol. The molecular formula is C26H31FN4O2S. The molecule has 2 aromatic heterocycles. The smallest absolute Gasteiger partial charge is 0.134 e. The van der Waals surface area contributed by atoms with Crippen LogP contribution >= 0.6 is 11.3 Å². The minimum Gasteiger partial charge on any atom is -0.383 e. The van der Waals surface area contributed by atoms with E-state index in [1.807, 2.05) is 37.4 Å². The second-order valence-corrected chi connectivity index (χ2v) is 8.15. The first kappa shape index (κ1) is 25.7. The van der Waals surface area contributed by atoms with Gasteiger partial charge in [-0.25, -0.2) is 19.3 Å². The quantitative estimate of drug-likeness (QED) is 0.286. The Morgan fingerprint density at radius 1 is 1.06 bits per heavy atom. The molecule has 0 N–H and O–H groups in total. The van der Waals surface area contributed by atoms with Gasteiger partial charge >= 0.3 is 0 Å². The molecule has 6 nitrogen and oxygen atoms in total. The zero-order valence-electron chi connectivity index (χ0n) is 20.3. The number of methoxy groups -OCH3 is 2. The molecular weight excluding hydrogens is 451 g/mol. The molecule has 2 heterocycles. The molecule has 4 rings (SSSR count). The number of nitrogens with zero attached hydrogens (tertiary/aromatic N) is 4. The van der Waals surface area contributed by atoms with E-state index in [-0.39, 0.29) is 11.9 Å². The summed E-state index contributed by atoms with van der Waals surface area (Å²) in [6, 6.07) is 11.0. The summed E-state index contributed by atoms with van der Waals surface area (Å²) >= 11 is 1.50. The third-order valence-electron chi connectivity index (χ3n) is 5.39. The predicted octanol–water partition coefficient (Wildman–Crippen LogP) is 6.13. The summed E-state index contributed by atoms with van der Waals surface area (Å²) in [5, 5.41) is 3.50. The number of likely N-dealkylation sites (N-methyl/N-ethyl adjacent to an activating group) is 1. The van der Waals surface area contributed by atoms with Crippen LogP contribution in [0, 0.1) is 5.82 Å². The van der Waals surface area contributed by atoms with Crippen molar-refractivity contribution in [2.75, 3.05) is 38.8 Å². The molecule has 0 amide bonds. The first-order valence-corrected chi connectivity index (χ1v) is 12.2. The van der Waals surface area contributed by atoms with Crippen LogP contribution in [0.5, 0.6) is 0 Å². The molecule has 180 valence electrons. The van der Waals surface area contributed by atoms with E-state index in [1.54, 1.807) is 32.5 Å². The molecule has 0 saturated heterocycles. The van der Waals surface area contributed by atoms with Crippen molar-refractivity contribution >= 4 is 27.9 Å². The lowest BCUT2D eigenvalue weighted by Crippen LogP contribution is -2.26. The van der Waals surface area contributed by atoms with Gasteiger partial charge < -0.3 is 14.4 Å². The van der Waals surface area contributed by atoms with Crippen LogP contribution in [0.15, 0.2) is 54.3 Å². The van der Waals surface area contributed by atoms with E-state index in [0.29, 0.717) is 17.9 Å². The Labute approximate surface area is 204 Å². The first-order chi connectivity index (χ1) is 16.7. The van der Waals surface area contributed by atoms with Crippen LogP contribution in [0.4, 0.5) is 10.1 Å². The van der Waals surface area contributed by atoms with E-state index in [2.05, 4.69) is 26.8 Å². The topological polar surface area (TPSA) is 60.4 Å². The third-order valence-corrected chi connectivity index (χ3v) is 6.21. The second kappa shape index (κ2) is 12.5. The van der Waals surface area contributed by atoms with Gasteiger partial charge in [0.25, 0.3) is 0 Å². The number of aromatic nitrogens is 3. The largest absolute Gasteiger partial charge is 0.383 e. The summed E-state index contributed by atoms with van der Waals surface area (Å²) in [6.45, 7) is 8.36. The predicted molar refractivity (Wildman–Crippen MR) is 137 cm³/mol. The maximum atomic E-state index is 15.0. The van der Waals surface area contributed by atoms with Gasteiger partial charge in [0.05, 0.1) is 17.8 Å². The average Bonchev–Trinajstić information content (AvgIpc) is 3.41. The maximum absolute atomic E-state index is 15.0. The van der Waals surface area contributed by atoms with E-state index in [9.17, 15) is 4.39 Å². The Hall–Kier alpha value is -2.94. The standard InChI is InChI=1S/C24H25FN4O2S.C2H6/c1-4-29(10-11-30-2)17-6-7-18-21(14-17)27-15-28-22(18)19-13-16(5-8-20(19)25)23(31-3)24-26-9-12-32-24;1-2/h5-9,12-15,23H,4,10-11H2,1-3H3;1-2H3. The number of benzene rings is 2. The molecule has 0 aliphatic rings. The molecule has 0 saturated carbocycles. The highest BCUT2D eigenvalue weighted by Crippen LogP contribution is 2.34. The maximum Gasteiger partial charge on any atom is 0.134 e. The van der Waals surface area contributed by atoms with Crippen molar-refractivity contribution in [3.63, 3.8) is 0 Å². The number of fused-ring (bicyclic) bond motifs is 1. The van der Waals surface area contributed by atoms with E-state index in [1.165, 1.54) is 23.7 Å².